The molecule has 1 aliphatic heterocycles. The van der Waals surface area contributed by atoms with Gasteiger partial charge >= 0.3 is 0 Å². The SMILES string of the molecule is CCc1cc(O)c(F)cc1-c1ccc2c(-c3ncc(CCC(=O)C4CCN(C)C4)[nH]3)n[nH]c2c1. The quantitative estimate of drug-likeness (QED) is 0.377. The average Bonchev–Trinajstić information content (AvgIpc) is 3.57. The van der Waals surface area contributed by atoms with E-state index in [2.05, 4.69) is 32.1 Å². The molecule has 1 fully saturated rings. The summed E-state index contributed by atoms with van der Waals surface area (Å²) in [6.07, 6.45) is 4.52. The van der Waals surface area contributed by atoms with Crippen LogP contribution in [0.4, 0.5) is 4.39 Å². The minimum absolute atomic E-state index is 0.146. The fraction of sp³-hybridized carbons (Fsp3) is 0.346. The van der Waals surface area contributed by atoms with Crippen LogP contribution in [-0.4, -0.2) is 56.1 Å². The first kappa shape index (κ1) is 22.3. The van der Waals surface area contributed by atoms with E-state index in [1.165, 1.54) is 12.1 Å². The van der Waals surface area contributed by atoms with Gasteiger partial charge in [0.2, 0.25) is 0 Å². The van der Waals surface area contributed by atoms with Gasteiger partial charge in [0.15, 0.2) is 17.4 Å². The van der Waals surface area contributed by atoms with Gasteiger partial charge in [-0.1, -0.05) is 13.0 Å². The van der Waals surface area contributed by atoms with Crippen LogP contribution in [0.3, 0.4) is 0 Å². The Bertz CT molecular complexity index is 1360. The summed E-state index contributed by atoms with van der Waals surface area (Å²) in [7, 11) is 2.05. The number of Topliss-reactive ketones (excluding diaryl/α,β-unsaturated/α-hetero) is 1. The first-order valence-electron chi connectivity index (χ1n) is 11.7. The molecule has 176 valence electrons. The Labute approximate surface area is 197 Å². The number of carbonyl (C=O) groups excluding carboxylic acids is 1. The molecule has 3 N–H and O–H groups in total. The van der Waals surface area contributed by atoms with Crippen molar-refractivity contribution < 1.29 is 14.3 Å². The molecule has 0 amide bonds. The summed E-state index contributed by atoms with van der Waals surface area (Å²) in [5.41, 5.74) is 4.87. The lowest BCUT2D eigenvalue weighted by Gasteiger charge is -2.10. The number of aromatic nitrogens is 4. The Morgan fingerprint density at radius 1 is 1.29 bits per heavy atom. The number of aromatic hydroxyl groups is 1. The summed E-state index contributed by atoms with van der Waals surface area (Å²) >= 11 is 0. The van der Waals surface area contributed by atoms with Crippen molar-refractivity contribution in [1.82, 2.24) is 25.1 Å². The van der Waals surface area contributed by atoms with E-state index in [4.69, 9.17) is 0 Å². The predicted molar refractivity (Wildman–Crippen MR) is 129 cm³/mol. The van der Waals surface area contributed by atoms with Crippen LogP contribution in [0.25, 0.3) is 33.5 Å². The molecule has 4 aromatic rings. The minimum atomic E-state index is -0.640. The Morgan fingerprint density at radius 3 is 2.91 bits per heavy atom. The number of ketones is 1. The molecule has 8 heteroatoms. The lowest BCUT2D eigenvalue weighted by Crippen LogP contribution is -2.19. The van der Waals surface area contributed by atoms with Crippen molar-refractivity contribution in [3.05, 3.63) is 53.6 Å². The van der Waals surface area contributed by atoms with Gasteiger partial charge in [0.25, 0.3) is 0 Å². The van der Waals surface area contributed by atoms with E-state index in [1.807, 2.05) is 25.1 Å². The van der Waals surface area contributed by atoms with Gasteiger partial charge in [-0.2, -0.15) is 5.10 Å². The number of hydrogen-bond donors (Lipinski definition) is 3. The van der Waals surface area contributed by atoms with Crippen LogP contribution in [0.1, 0.15) is 31.0 Å². The second-order valence-electron chi connectivity index (χ2n) is 9.12. The van der Waals surface area contributed by atoms with Gasteiger partial charge in [-0.3, -0.25) is 9.89 Å². The van der Waals surface area contributed by atoms with E-state index in [9.17, 15) is 14.3 Å². The molecule has 0 aliphatic carbocycles. The molecular formula is C26H28FN5O2. The number of likely N-dealkylation sites (tertiary alicyclic amines) is 1. The summed E-state index contributed by atoms with van der Waals surface area (Å²) in [5, 5.41) is 18.1. The normalized spacial score (nSPS) is 16.5. The number of benzene rings is 2. The maximum absolute atomic E-state index is 14.0. The van der Waals surface area contributed by atoms with Crippen molar-refractivity contribution in [1.29, 1.82) is 0 Å². The van der Waals surface area contributed by atoms with Crippen LogP contribution in [0, 0.1) is 11.7 Å². The summed E-state index contributed by atoms with van der Waals surface area (Å²) < 4.78 is 14.0. The number of aryl methyl sites for hydroxylation is 2. The van der Waals surface area contributed by atoms with Gasteiger partial charge in [-0.15, -0.1) is 0 Å². The van der Waals surface area contributed by atoms with Crippen LogP contribution in [0.2, 0.25) is 0 Å². The number of halogens is 1. The molecule has 1 aliphatic rings. The number of nitrogens with one attached hydrogen (secondary N) is 2. The molecule has 2 aromatic heterocycles. The van der Waals surface area contributed by atoms with Crippen molar-refractivity contribution >= 4 is 16.7 Å². The van der Waals surface area contributed by atoms with E-state index >= 15 is 0 Å². The van der Waals surface area contributed by atoms with Crippen molar-refractivity contribution in [2.75, 3.05) is 20.1 Å². The van der Waals surface area contributed by atoms with Gasteiger partial charge < -0.3 is 15.0 Å². The zero-order valence-electron chi connectivity index (χ0n) is 19.4. The lowest BCUT2D eigenvalue weighted by atomic mass is 9.96. The molecule has 5 rings (SSSR count). The Hall–Kier alpha value is -3.52. The maximum Gasteiger partial charge on any atom is 0.165 e. The highest BCUT2D eigenvalue weighted by molar-refractivity contribution is 5.94. The van der Waals surface area contributed by atoms with Crippen LogP contribution < -0.4 is 0 Å². The molecule has 3 heterocycles. The number of nitrogens with zero attached hydrogens (tertiary/aromatic N) is 3. The first-order valence-corrected chi connectivity index (χ1v) is 11.7. The lowest BCUT2D eigenvalue weighted by molar-refractivity contribution is -0.122. The van der Waals surface area contributed by atoms with Crippen LogP contribution >= 0.6 is 0 Å². The Balaban J connectivity index is 1.35. The summed E-state index contributed by atoms with van der Waals surface area (Å²) in [4.78, 5) is 22.5. The number of H-pyrrole nitrogens is 2. The van der Waals surface area contributed by atoms with Gasteiger partial charge in [-0.05, 0) is 73.8 Å². The number of phenolic OH excluding ortho intramolecular Hbond substituents is 1. The van der Waals surface area contributed by atoms with Crippen molar-refractivity contribution in [2.45, 2.75) is 32.6 Å². The molecule has 1 atom stereocenters. The maximum atomic E-state index is 14.0. The largest absolute Gasteiger partial charge is 0.505 e. The molecule has 7 nitrogen and oxygen atoms in total. The smallest absolute Gasteiger partial charge is 0.165 e. The highest BCUT2D eigenvalue weighted by Gasteiger charge is 2.25. The van der Waals surface area contributed by atoms with Gasteiger partial charge in [0.05, 0.1) is 5.52 Å². The zero-order valence-corrected chi connectivity index (χ0v) is 19.4. The van der Waals surface area contributed by atoms with Crippen molar-refractivity contribution in [3.63, 3.8) is 0 Å². The van der Waals surface area contributed by atoms with E-state index < -0.39 is 5.82 Å². The van der Waals surface area contributed by atoms with Crippen LogP contribution in [0.5, 0.6) is 5.75 Å². The first-order chi connectivity index (χ1) is 16.4. The van der Waals surface area contributed by atoms with E-state index in [0.29, 0.717) is 36.6 Å². The van der Waals surface area contributed by atoms with E-state index in [-0.39, 0.29) is 11.7 Å². The molecule has 0 spiro atoms. The molecule has 0 bridgehead atoms. The Morgan fingerprint density at radius 2 is 2.15 bits per heavy atom. The van der Waals surface area contributed by atoms with Gasteiger partial charge in [0.1, 0.15) is 11.5 Å². The molecule has 0 saturated carbocycles. The highest BCUT2D eigenvalue weighted by atomic mass is 19.1. The topological polar surface area (TPSA) is 97.9 Å². The number of rotatable bonds is 7. The number of phenols is 1. The zero-order chi connectivity index (χ0) is 23.8. The van der Waals surface area contributed by atoms with Crippen molar-refractivity contribution in [3.8, 4) is 28.4 Å². The molecule has 2 aromatic carbocycles. The third-order valence-electron chi connectivity index (χ3n) is 6.77. The van der Waals surface area contributed by atoms with Gasteiger partial charge in [-0.25, -0.2) is 9.37 Å². The van der Waals surface area contributed by atoms with Crippen molar-refractivity contribution in [2.24, 2.45) is 5.92 Å². The van der Waals surface area contributed by atoms with Crippen LogP contribution in [-0.2, 0) is 17.6 Å². The summed E-state index contributed by atoms with van der Waals surface area (Å²) in [5.74, 6) is 0.130. The fourth-order valence-corrected chi connectivity index (χ4v) is 4.80. The number of fused-ring (bicyclic) bond motifs is 1. The van der Waals surface area contributed by atoms with Gasteiger partial charge in [0, 0.05) is 36.2 Å². The minimum Gasteiger partial charge on any atom is -0.505 e. The average molecular weight is 462 g/mol. The predicted octanol–water partition coefficient (Wildman–Crippen LogP) is 4.48. The number of aromatic amines is 2. The third kappa shape index (κ3) is 4.21. The molecule has 0 radical (unpaired) electrons. The highest BCUT2D eigenvalue weighted by Crippen LogP contribution is 2.33. The summed E-state index contributed by atoms with van der Waals surface area (Å²) in [6.45, 7) is 3.81. The fourth-order valence-electron chi connectivity index (χ4n) is 4.80. The van der Waals surface area contributed by atoms with Crippen LogP contribution in [0.15, 0.2) is 36.5 Å². The number of imidazole rings is 1. The molecule has 34 heavy (non-hydrogen) atoms. The van der Waals surface area contributed by atoms with E-state index in [1.54, 1.807) is 6.20 Å². The molecule has 1 saturated heterocycles. The number of carbonyl (C=O) groups is 1. The standard InChI is InChI=1S/C26H28FN5O2/c1-3-15-11-24(34)21(27)12-20(15)16-4-6-19-22(10-16)30-31-25(19)26-28-13-18(29-26)5-7-23(33)17-8-9-32(2)14-17/h4,6,10-13,17,34H,3,5,7-9,14H2,1-2H3,(H,28,29)(H,30,31). The summed E-state index contributed by atoms with van der Waals surface area (Å²) in [6, 6.07) is 8.64. The Kier molecular flexibility index (Phi) is 5.91. The monoisotopic (exact) mass is 461 g/mol. The second-order valence-corrected chi connectivity index (χ2v) is 9.12. The molecule has 1 unspecified atom stereocenters. The molecular weight excluding hydrogens is 433 g/mol. The number of hydrogen-bond acceptors (Lipinski definition) is 5. The second kappa shape index (κ2) is 9.02. The van der Waals surface area contributed by atoms with E-state index in [0.717, 1.165) is 52.8 Å². The third-order valence-corrected chi connectivity index (χ3v) is 6.77.